The molecule has 0 spiro atoms. The molecular formula is C24H24FNO3. The van der Waals surface area contributed by atoms with Gasteiger partial charge in [0.1, 0.15) is 23.9 Å². The predicted molar refractivity (Wildman–Crippen MR) is 112 cm³/mol. The summed E-state index contributed by atoms with van der Waals surface area (Å²) in [7, 11) is 0. The fourth-order valence-corrected chi connectivity index (χ4v) is 2.93. The molecule has 0 unspecified atom stereocenters. The number of halogens is 1. The van der Waals surface area contributed by atoms with Crippen molar-refractivity contribution in [2.45, 2.75) is 26.9 Å². The van der Waals surface area contributed by atoms with E-state index in [4.69, 9.17) is 4.74 Å². The summed E-state index contributed by atoms with van der Waals surface area (Å²) in [5.41, 5.74) is 2.79. The summed E-state index contributed by atoms with van der Waals surface area (Å²) in [6, 6.07) is 18.5. The van der Waals surface area contributed by atoms with Crippen molar-refractivity contribution < 1.29 is 19.0 Å². The van der Waals surface area contributed by atoms with Gasteiger partial charge in [-0.25, -0.2) is 4.39 Å². The smallest absolute Gasteiger partial charge is 0.259 e. The number of anilines is 1. The number of rotatable bonds is 7. The Morgan fingerprint density at radius 1 is 1.00 bits per heavy atom. The summed E-state index contributed by atoms with van der Waals surface area (Å²) in [5.74, 6) is -0.154. The van der Waals surface area contributed by atoms with Gasteiger partial charge in [-0.3, -0.25) is 4.79 Å². The van der Waals surface area contributed by atoms with E-state index in [9.17, 15) is 14.3 Å². The molecule has 0 aromatic heterocycles. The summed E-state index contributed by atoms with van der Waals surface area (Å²) in [5, 5.41) is 12.3. The van der Waals surface area contributed by atoms with Crippen LogP contribution in [0.15, 0.2) is 66.7 Å². The highest BCUT2D eigenvalue weighted by Gasteiger charge is 2.12. The third-order valence-electron chi connectivity index (χ3n) is 4.39. The molecule has 0 aliphatic carbocycles. The number of carbonyl (C=O) groups excluding carboxylic acids is 1. The van der Waals surface area contributed by atoms with Crippen molar-refractivity contribution in [2.75, 3.05) is 5.32 Å². The molecule has 0 radical (unpaired) electrons. The molecule has 150 valence electrons. The summed E-state index contributed by atoms with van der Waals surface area (Å²) in [4.78, 5) is 12.2. The van der Waals surface area contributed by atoms with E-state index < -0.39 is 11.7 Å². The van der Waals surface area contributed by atoms with Crippen LogP contribution in [0, 0.1) is 11.7 Å². The van der Waals surface area contributed by atoms with Crippen LogP contribution in [0.25, 0.3) is 0 Å². The summed E-state index contributed by atoms with van der Waals surface area (Å²) < 4.78 is 19.1. The number of ether oxygens (including phenoxy) is 1. The van der Waals surface area contributed by atoms with Crippen LogP contribution >= 0.6 is 0 Å². The molecule has 3 aromatic carbocycles. The van der Waals surface area contributed by atoms with E-state index in [1.807, 2.05) is 0 Å². The van der Waals surface area contributed by atoms with E-state index in [2.05, 4.69) is 43.4 Å². The average Bonchev–Trinajstić information content (AvgIpc) is 2.70. The highest BCUT2D eigenvalue weighted by atomic mass is 19.1. The first-order chi connectivity index (χ1) is 13.9. The SMILES string of the molecule is CC(C)Cc1ccc(COc2ccc(NC(=O)c3cc(F)ccc3O)cc2)cc1. The van der Waals surface area contributed by atoms with Crippen LogP contribution in [-0.2, 0) is 13.0 Å². The van der Waals surface area contributed by atoms with Crippen LogP contribution in [0.5, 0.6) is 11.5 Å². The standard InChI is InChI=1S/C24H24FNO3/c1-16(2)13-17-3-5-18(6-4-17)15-29-21-10-8-20(9-11-21)26-24(28)22-14-19(25)7-12-23(22)27/h3-12,14,16,27H,13,15H2,1-2H3,(H,26,28). The number of hydrogen-bond acceptors (Lipinski definition) is 3. The van der Waals surface area contributed by atoms with Crippen molar-refractivity contribution in [2.24, 2.45) is 5.92 Å². The molecule has 2 N–H and O–H groups in total. The van der Waals surface area contributed by atoms with Crippen molar-refractivity contribution in [3.05, 3.63) is 89.2 Å². The Morgan fingerprint density at radius 2 is 1.66 bits per heavy atom. The van der Waals surface area contributed by atoms with Gasteiger partial charge in [0.2, 0.25) is 0 Å². The first-order valence-electron chi connectivity index (χ1n) is 9.51. The van der Waals surface area contributed by atoms with Crippen LogP contribution < -0.4 is 10.1 Å². The molecule has 0 heterocycles. The van der Waals surface area contributed by atoms with Crippen molar-refractivity contribution in [1.82, 2.24) is 0 Å². The molecule has 1 amide bonds. The lowest BCUT2D eigenvalue weighted by atomic mass is 10.0. The minimum absolute atomic E-state index is 0.119. The lowest BCUT2D eigenvalue weighted by molar-refractivity contribution is 0.102. The number of amides is 1. The van der Waals surface area contributed by atoms with Crippen molar-refractivity contribution in [3.8, 4) is 11.5 Å². The number of hydrogen-bond donors (Lipinski definition) is 2. The fourth-order valence-electron chi connectivity index (χ4n) is 2.93. The second kappa shape index (κ2) is 9.24. The number of benzene rings is 3. The number of phenols is 1. The highest BCUT2D eigenvalue weighted by molar-refractivity contribution is 6.06. The van der Waals surface area contributed by atoms with Crippen LogP contribution in [0.1, 0.15) is 35.3 Å². The van der Waals surface area contributed by atoms with Crippen molar-refractivity contribution >= 4 is 11.6 Å². The molecular weight excluding hydrogens is 369 g/mol. The van der Waals surface area contributed by atoms with Gasteiger partial charge in [0.25, 0.3) is 5.91 Å². The van der Waals surface area contributed by atoms with Gasteiger partial charge < -0.3 is 15.2 Å². The first-order valence-corrected chi connectivity index (χ1v) is 9.51. The van der Waals surface area contributed by atoms with Gasteiger partial charge in [0.15, 0.2) is 0 Å². The molecule has 3 aromatic rings. The largest absolute Gasteiger partial charge is 0.507 e. The summed E-state index contributed by atoms with van der Waals surface area (Å²) in [6.45, 7) is 4.85. The Bertz CT molecular complexity index is 966. The fraction of sp³-hybridized carbons (Fsp3) is 0.208. The van der Waals surface area contributed by atoms with Crippen LogP contribution in [-0.4, -0.2) is 11.0 Å². The van der Waals surface area contributed by atoms with Gasteiger partial charge in [-0.15, -0.1) is 0 Å². The van der Waals surface area contributed by atoms with E-state index in [1.54, 1.807) is 24.3 Å². The Kier molecular flexibility index (Phi) is 6.50. The van der Waals surface area contributed by atoms with Crippen LogP contribution in [0.3, 0.4) is 0 Å². The number of carbonyl (C=O) groups is 1. The minimum Gasteiger partial charge on any atom is -0.507 e. The highest BCUT2D eigenvalue weighted by Crippen LogP contribution is 2.21. The molecule has 0 bridgehead atoms. The predicted octanol–water partition coefficient (Wildman–Crippen LogP) is 5.56. The summed E-state index contributed by atoms with van der Waals surface area (Å²) >= 11 is 0. The van der Waals surface area contributed by atoms with Gasteiger partial charge >= 0.3 is 0 Å². The van der Waals surface area contributed by atoms with Gasteiger partial charge in [-0.05, 0) is 65.9 Å². The van der Waals surface area contributed by atoms with Gasteiger partial charge in [-0.2, -0.15) is 0 Å². The quantitative estimate of drug-likeness (QED) is 0.552. The normalized spacial score (nSPS) is 10.8. The molecule has 0 atom stereocenters. The van der Waals surface area contributed by atoms with Crippen LogP contribution in [0.4, 0.5) is 10.1 Å². The zero-order valence-corrected chi connectivity index (χ0v) is 16.5. The molecule has 5 heteroatoms. The summed E-state index contributed by atoms with van der Waals surface area (Å²) in [6.07, 6.45) is 1.06. The zero-order valence-electron chi connectivity index (χ0n) is 16.5. The number of aromatic hydroxyl groups is 1. The third kappa shape index (κ3) is 5.82. The second-order valence-corrected chi connectivity index (χ2v) is 7.34. The topological polar surface area (TPSA) is 58.6 Å². The van der Waals surface area contributed by atoms with E-state index in [-0.39, 0.29) is 11.3 Å². The molecule has 3 rings (SSSR count). The number of nitrogens with one attached hydrogen (secondary N) is 1. The Balaban J connectivity index is 1.56. The average molecular weight is 393 g/mol. The van der Waals surface area contributed by atoms with Crippen LogP contribution in [0.2, 0.25) is 0 Å². The Morgan fingerprint density at radius 3 is 2.31 bits per heavy atom. The maximum Gasteiger partial charge on any atom is 0.259 e. The van der Waals surface area contributed by atoms with E-state index in [0.717, 1.165) is 30.2 Å². The molecule has 0 fully saturated rings. The maximum atomic E-state index is 13.3. The lowest BCUT2D eigenvalue weighted by Gasteiger charge is -2.10. The minimum atomic E-state index is -0.589. The monoisotopic (exact) mass is 393 g/mol. The van der Waals surface area contributed by atoms with E-state index in [0.29, 0.717) is 24.0 Å². The number of phenolic OH excluding ortho intramolecular Hbond substituents is 1. The van der Waals surface area contributed by atoms with Gasteiger partial charge in [0.05, 0.1) is 5.56 Å². The Hall–Kier alpha value is -3.34. The maximum absolute atomic E-state index is 13.3. The second-order valence-electron chi connectivity index (χ2n) is 7.34. The molecule has 0 saturated heterocycles. The van der Waals surface area contributed by atoms with Gasteiger partial charge in [-0.1, -0.05) is 38.1 Å². The molecule has 0 aliphatic heterocycles. The molecule has 29 heavy (non-hydrogen) atoms. The van der Waals surface area contributed by atoms with Crippen molar-refractivity contribution in [1.29, 1.82) is 0 Å². The molecule has 0 saturated carbocycles. The first kappa shape index (κ1) is 20.4. The van der Waals surface area contributed by atoms with E-state index in [1.165, 1.54) is 5.56 Å². The lowest BCUT2D eigenvalue weighted by Crippen LogP contribution is -2.12. The molecule has 0 aliphatic rings. The zero-order chi connectivity index (χ0) is 20.8. The third-order valence-corrected chi connectivity index (χ3v) is 4.39. The molecule has 4 nitrogen and oxygen atoms in total. The van der Waals surface area contributed by atoms with Gasteiger partial charge in [0, 0.05) is 5.69 Å². The van der Waals surface area contributed by atoms with Crippen molar-refractivity contribution in [3.63, 3.8) is 0 Å². The van der Waals surface area contributed by atoms with E-state index >= 15 is 0 Å². The Labute approximate surface area is 170 Å².